The number of fused-ring (bicyclic) bond motifs is 1. The first kappa shape index (κ1) is 31.4. The molecule has 2 heterocycles. The molecule has 0 aliphatic carbocycles. The van der Waals surface area contributed by atoms with Crippen LogP contribution in [0.4, 0.5) is 0 Å². The summed E-state index contributed by atoms with van der Waals surface area (Å²) >= 11 is 21.6. The van der Waals surface area contributed by atoms with Crippen molar-refractivity contribution in [1.82, 2.24) is 4.57 Å². The molecule has 1 aliphatic rings. The molecular formula is C32H27Cl3N2O4S2. The number of carbonyl (C=O) groups excluding carboxylic acids is 1. The molecule has 0 unspecified atom stereocenters. The Labute approximate surface area is 272 Å². The van der Waals surface area contributed by atoms with E-state index in [9.17, 15) is 9.59 Å². The molecule has 1 aromatic heterocycles. The van der Waals surface area contributed by atoms with Crippen molar-refractivity contribution in [2.24, 2.45) is 4.99 Å². The number of halogens is 3. The van der Waals surface area contributed by atoms with Gasteiger partial charge >= 0.3 is 5.97 Å². The second-order valence-corrected chi connectivity index (χ2v) is 13.2. The number of aromatic nitrogens is 1. The van der Waals surface area contributed by atoms with E-state index in [0.29, 0.717) is 47.0 Å². The highest BCUT2D eigenvalue weighted by Crippen LogP contribution is 2.32. The molecule has 1 aliphatic heterocycles. The van der Waals surface area contributed by atoms with Gasteiger partial charge in [0.05, 0.1) is 27.9 Å². The lowest BCUT2D eigenvalue weighted by Crippen LogP contribution is -2.40. The first-order valence-corrected chi connectivity index (χ1v) is 16.5. The van der Waals surface area contributed by atoms with Crippen molar-refractivity contribution in [3.63, 3.8) is 0 Å². The monoisotopic (exact) mass is 672 g/mol. The predicted octanol–water partition coefficient (Wildman–Crippen LogP) is 7.45. The van der Waals surface area contributed by atoms with Gasteiger partial charge in [0.15, 0.2) is 4.80 Å². The Hall–Kier alpha value is -3.01. The van der Waals surface area contributed by atoms with Gasteiger partial charge in [0.1, 0.15) is 12.4 Å². The van der Waals surface area contributed by atoms with Gasteiger partial charge in [0, 0.05) is 31.1 Å². The van der Waals surface area contributed by atoms with Crippen molar-refractivity contribution in [1.29, 1.82) is 0 Å². The van der Waals surface area contributed by atoms with Crippen LogP contribution in [0.15, 0.2) is 86.6 Å². The highest BCUT2D eigenvalue weighted by molar-refractivity contribution is 7.98. The second kappa shape index (κ2) is 13.3. The van der Waals surface area contributed by atoms with E-state index in [-0.39, 0.29) is 18.3 Å². The van der Waals surface area contributed by atoms with E-state index in [4.69, 9.17) is 44.3 Å². The molecule has 0 saturated carbocycles. The Morgan fingerprint density at radius 1 is 1.07 bits per heavy atom. The van der Waals surface area contributed by atoms with E-state index in [1.807, 2.05) is 30.5 Å². The van der Waals surface area contributed by atoms with Crippen LogP contribution in [-0.4, -0.2) is 22.9 Å². The average Bonchev–Trinajstić information content (AvgIpc) is 3.26. The highest BCUT2D eigenvalue weighted by atomic mass is 35.5. The van der Waals surface area contributed by atoms with Gasteiger partial charge in [-0.15, -0.1) is 11.8 Å². The molecule has 0 bridgehead atoms. The number of ether oxygens (including phenoxy) is 2. The minimum Gasteiger partial charge on any atom is -0.488 e. The molecule has 0 amide bonds. The van der Waals surface area contributed by atoms with Crippen LogP contribution in [-0.2, 0) is 16.1 Å². The number of thioether (sulfide) groups is 1. The summed E-state index contributed by atoms with van der Waals surface area (Å²) in [5.74, 6) is 0.0127. The number of rotatable bonds is 8. The van der Waals surface area contributed by atoms with Gasteiger partial charge < -0.3 is 9.47 Å². The zero-order valence-corrected chi connectivity index (χ0v) is 27.6. The van der Waals surface area contributed by atoms with E-state index in [2.05, 4.69) is 4.99 Å². The van der Waals surface area contributed by atoms with Crippen LogP contribution in [0, 0.1) is 0 Å². The SMILES string of the molecule is CSc1ccc([C@@H]2C(C(=O)OC(C)C)=C(C)N=c3s/c(=C\c4cc(Cl)ccc4OCc4ccc(Cl)cc4Cl)c(=O)n32)cc1. The fourth-order valence-electron chi connectivity index (χ4n) is 4.66. The molecule has 6 nitrogen and oxygen atoms in total. The van der Waals surface area contributed by atoms with E-state index >= 15 is 0 Å². The van der Waals surface area contributed by atoms with Crippen LogP contribution in [0.1, 0.15) is 43.5 Å². The molecule has 3 aromatic carbocycles. The fourth-order valence-corrected chi connectivity index (χ4v) is 6.75. The lowest BCUT2D eigenvalue weighted by molar-refractivity contribution is -0.143. The number of hydrogen-bond donors (Lipinski definition) is 0. The fraction of sp³-hybridized carbons (Fsp3) is 0.219. The highest BCUT2D eigenvalue weighted by Gasteiger charge is 2.33. The number of thiazole rings is 1. The standard InChI is InChI=1S/C32H27Cl3N2O4S2/c1-17(2)41-31(39)28-18(3)36-32-37(29(28)19-6-10-24(42-4)11-7-19)30(38)27(43-32)14-21-13-22(33)9-12-26(21)40-16-20-5-8-23(34)15-25(20)35/h5-15,17,29H,16H2,1-4H3/b27-14-/t29-/m1/s1. The molecule has 11 heteroatoms. The Bertz CT molecular complexity index is 1910. The maximum absolute atomic E-state index is 14.1. The van der Waals surface area contributed by atoms with Crippen molar-refractivity contribution in [2.45, 2.75) is 44.4 Å². The minimum atomic E-state index is -0.706. The molecule has 0 saturated heterocycles. The first-order valence-electron chi connectivity index (χ1n) is 13.3. The topological polar surface area (TPSA) is 69.9 Å². The molecule has 1 atom stereocenters. The van der Waals surface area contributed by atoms with Crippen molar-refractivity contribution in [2.75, 3.05) is 6.26 Å². The van der Waals surface area contributed by atoms with Crippen LogP contribution < -0.4 is 19.6 Å². The number of esters is 1. The van der Waals surface area contributed by atoms with Crippen molar-refractivity contribution >= 4 is 69.9 Å². The zero-order valence-electron chi connectivity index (χ0n) is 23.7. The van der Waals surface area contributed by atoms with Crippen LogP contribution in [0.3, 0.4) is 0 Å². The summed E-state index contributed by atoms with van der Waals surface area (Å²) < 4.78 is 13.7. The van der Waals surface area contributed by atoms with Gasteiger partial charge in [0.2, 0.25) is 0 Å². The minimum absolute atomic E-state index is 0.187. The van der Waals surface area contributed by atoms with E-state index in [0.717, 1.165) is 16.0 Å². The van der Waals surface area contributed by atoms with Gasteiger partial charge in [0.25, 0.3) is 5.56 Å². The van der Waals surface area contributed by atoms with Crippen LogP contribution >= 0.6 is 57.9 Å². The third-order valence-electron chi connectivity index (χ3n) is 6.67. The van der Waals surface area contributed by atoms with Gasteiger partial charge in [-0.25, -0.2) is 9.79 Å². The van der Waals surface area contributed by atoms with Crippen molar-refractivity contribution in [3.05, 3.63) is 123 Å². The summed E-state index contributed by atoms with van der Waals surface area (Å²) in [5, 5.41) is 1.51. The molecule has 0 radical (unpaired) electrons. The number of nitrogens with zero attached hydrogens (tertiary/aromatic N) is 2. The second-order valence-electron chi connectivity index (χ2n) is 10.0. The summed E-state index contributed by atoms with van der Waals surface area (Å²) in [4.78, 5) is 33.6. The molecule has 0 fully saturated rings. The summed E-state index contributed by atoms with van der Waals surface area (Å²) in [6.07, 6.45) is 3.39. The Morgan fingerprint density at radius 2 is 1.77 bits per heavy atom. The molecule has 4 aromatic rings. The number of carbonyl (C=O) groups is 1. The van der Waals surface area contributed by atoms with Gasteiger partial charge in [-0.3, -0.25) is 9.36 Å². The van der Waals surface area contributed by atoms with Crippen molar-refractivity contribution < 1.29 is 14.3 Å². The molecule has 0 spiro atoms. The lowest BCUT2D eigenvalue weighted by atomic mass is 9.96. The lowest BCUT2D eigenvalue weighted by Gasteiger charge is -2.25. The van der Waals surface area contributed by atoms with Gasteiger partial charge in [-0.2, -0.15) is 0 Å². The molecule has 0 N–H and O–H groups in total. The number of allylic oxidation sites excluding steroid dienone is 1. The average molecular weight is 674 g/mol. The molecular weight excluding hydrogens is 647 g/mol. The third kappa shape index (κ3) is 6.89. The van der Waals surface area contributed by atoms with Crippen LogP contribution in [0.25, 0.3) is 6.08 Å². The van der Waals surface area contributed by atoms with Gasteiger partial charge in [-0.05, 0) is 81.1 Å². The maximum atomic E-state index is 14.1. The quantitative estimate of drug-likeness (QED) is 0.144. The van der Waals surface area contributed by atoms with Crippen LogP contribution in [0.5, 0.6) is 5.75 Å². The third-order valence-corrected chi connectivity index (χ3v) is 9.22. The predicted molar refractivity (Wildman–Crippen MR) is 175 cm³/mol. The number of hydrogen-bond acceptors (Lipinski definition) is 7. The maximum Gasteiger partial charge on any atom is 0.338 e. The zero-order chi connectivity index (χ0) is 30.8. The van der Waals surface area contributed by atoms with Crippen LogP contribution in [0.2, 0.25) is 15.1 Å². The van der Waals surface area contributed by atoms with Crippen molar-refractivity contribution in [3.8, 4) is 5.75 Å². The van der Waals surface area contributed by atoms with E-state index in [1.54, 1.807) is 79.6 Å². The Balaban J connectivity index is 1.61. The van der Waals surface area contributed by atoms with E-state index in [1.165, 1.54) is 11.3 Å². The molecule has 5 rings (SSSR count). The Morgan fingerprint density at radius 3 is 2.44 bits per heavy atom. The largest absolute Gasteiger partial charge is 0.488 e. The summed E-state index contributed by atoms with van der Waals surface area (Å²) in [5.41, 5.74) is 2.69. The Kier molecular flexibility index (Phi) is 9.73. The van der Waals surface area contributed by atoms with Gasteiger partial charge in [-0.1, -0.05) is 64.3 Å². The summed E-state index contributed by atoms with van der Waals surface area (Å²) in [6, 6.07) is 17.5. The summed E-state index contributed by atoms with van der Waals surface area (Å²) in [7, 11) is 0. The number of benzene rings is 3. The molecule has 43 heavy (non-hydrogen) atoms. The first-order chi connectivity index (χ1) is 20.5. The van der Waals surface area contributed by atoms with E-state index < -0.39 is 12.0 Å². The smallest absolute Gasteiger partial charge is 0.338 e. The normalized spacial score (nSPS) is 15.0. The molecule has 222 valence electrons. The summed E-state index contributed by atoms with van der Waals surface area (Å²) in [6.45, 7) is 5.53.